The predicted octanol–water partition coefficient (Wildman–Crippen LogP) is -3.16. The van der Waals surface area contributed by atoms with Gasteiger partial charge in [-0.2, -0.15) is 0 Å². The fraction of sp³-hybridized carbons (Fsp3) is 0. The van der Waals surface area contributed by atoms with Crippen LogP contribution in [0.5, 0.6) is 0 Å². The molecule has 3 N–H and O–H groups in total. The SMILES string of the molecule is O=c1[nH]c(=O)[nH]c(=O)[nH]1.[PbH2]. The van der Waals surface area contributed by atoms with Gasteiger partial charge in [-0.15, -0.1) is 0 Å². The molecule has 0 aliphatic heterocycles. The van der Waals surface area contributed by atoms with Gasteiger partial charge in [0.05, 0.1) is 0 Å². The van der Waals surface area contributed by atoms with Crippen LogP contribution >= 0.6 is 0 Å². The van der Waals surface area contributed by atoms with E-state index in [-0.39, 0.29) is 27.3 Å². The Morgan fingerprint density at radius 1 is 0.700 bits per heavy atom. The first-order chi connectivity index (χ1) is 4.18. The van der Waals surface area contributed by atoms with Crippen molar-refractivity contribution in [2.75, 3.05) is 0 Å². The van der Waals surface area contributed by atoms with Crippen molar-refractivity contribution in [2.24, 2.45) is 0 Å². The van der Waals surface area contributed by atoms with Gasteiger partial charge >= 0.3 is 44.4 Å². The number of hydrogen-bond donors (Lipinski definition) is 3. The van der Waals surface area contributed by atoms with Gasteiger partial charge in [0, 0.05) is 0 Å². The van der Waals surface area contributed by atoms with Crippen LogP contribution in [0, 0.1) is 0 Å². The average molecular weight is 338 g/mol. The quantitative estimate of drug-likeness (QED) is 0.436. The van der Waals surface area contributed by atoms with E-state index in [0.29, 0.717) is 0 Å². The Hall–Kier alpha value is -0.668. The Labute approximate surface area is 73.9 Å². The second kappa shape index (κ2) is 3.49. The summed E-state index contributed by atoms with van der Waals surface area (Å²) in [6.45, 7) is 0. The molecule has 0 bridgehead atoms. The van der Waals surface area contributed by atoms with Crippen LogP contribution < -0.4 is 17.1 Å². The van der Waals surface area contributed by atoms with Gasteiger partial charge in [-0.25, -0.2) is 14.4 Å². The Morgan fingerprint density at radius 2 is 0.900 bits per heavy atom. The summed E-state index contributed by atoms with van der Waals surface area (Å²) in [6, 6.07) is 0. The van der Waals surface area contributed by atoms with Gasteiger partial charge < -0.3 is 0 Å². The van der Waals surface area contributed by atoms with Crippen LogP contribution in [-0.2, 0) is 0 Å². The van der Waals surface area contributed by atoms with E-state index in [1.165, 1.54) is 0 Å². The number of aromatic nitrogens is 3. The molecule has 0 atom stereocenters. The maximum absolute atomic E-state index is 10.2. The normalized spacial score (nSPS) is 8.40. The molecule has 0 amide bonds. The minimum atomic E-state index is -0.802. The molecule has 1 rings (SSSR count). The van der Waals surface area contributed by atoms with Gasteiger partial charge in [-0.3, -0.25) is 15.0 Å². The summed E-state index contributed by atoms with van der Waals surface area (Å²) in [7, 11) is 0. The third-order valence-corrected chi connectivity index (χ3v) is 0.681. The Bertz CT molecular complexity index is 281. The molecule has 0 aliphatic carbocycles. The second-order valence-corrected chi connectivity index (χ2v) is 1.36. The molecule has 1 heterocycles. The summed E-state index contributed by atoms with van der Waals surface area (Å²) in [6.07, 6.45) is 0. The Balaban J connectivity index is 0.000000810. The van der Waals surface area contributed by atoms with Crippen LogP contribution in [0.15, 0.2) is 14.4 Å². The zero-order valence-corrected chi connectivity index (χ0v) is 10.4. The van der Waals surface area contributed by atoms with Crippen molar-refractivity contribution in [3.8, 4) is 0 Å². The molecule has 1 aromatic heterocycles. The van der Waals surface area contributed by atoms with Crippen molar-refractivity contribution in [1.29, 1.82) is 0 Å². The average Bonchev–Trinajstić information content (AvgIpc) is 1.59. The van der Waals surface area contributed by atoms with E-state index in [2.05, 4.69) is 0 Å². The van der Waals surface area contributed by atoms with E-state index in [0.717, 1.165) is 0 Å². The molecular weight excluding hydrogens is 333 g/mol. The number of aromatic amines is 3. The Kier molecular flexibility index (Phi) is 3.26. The van der Waals surface area contributed by atoms with Crippen molar-refractivity contribution in [3.63, 3.8) is 0 Å². The number of nitrogens with one attached hydrogen (secondary N) is 3. The van der Waals surface area contributed by atoms with Crippen LogP contribution in [0.2, 0.25) is 0 Å². The van der Waals surface area contributed by atoms with Crippen LogP contribution in [0.25, 0.3) is 0 Å². The zero-order valence-electron chi connectivity index (χ0n) is 4.93. The molecule has 2 radical (unpaired) electrons. The number of hydrogen-bond acceptors (Lipinski definition) is 3. The fourth-order valence-electron chi connectivity index (χ4n) is 0.403. The summed E-state index contributed by atoms with van der Waals surface area (Å²) < 4.78 is 0. The molecule has 0 saturated carbocycles. The Morgan fingerprint density at radius 3 is 1.10 bits per heavy atom. The van der Waals surface area contributed by atoms with Gasteiger partial charge in [0.15, 0.2) is 0 Å². The zero-order chi connectivity index (χ0) is 6.85. The third-order valence-electron chi connectivity index (χ3n) is 0.681. The van der Waals surface area contributed by atoms with Crippen LogP contribution in [0.4, 0.5) is 0 Å². The summed E-state index contributed by atoms with van der Waals surface area (Å²) in [5, 5.41) is 0. The van der Waals surface area contributed by atoms with Crippen molar-refractivity contribution in [1.82, 2.24) is 15.0 Å². The van der Waals surface area contributed by atoms with E-state index in [1.54, 1.807) is 15.0 Å². The van der Waals surface area contributed by atoms with Gasteiger partial charge in [-0.05, 0) is 0 Å². The van der Waals surface area contributed by atoms with Crippen LogP contribution in [-0.4, -0.2) is 42.3 Å². The van der Waals surface area contributed by atoms with E-state index in [9.17, 15) is 14.4 Å². The second-order valence-electron chi connectivity index (χ2n) is 1.36. The first-order valence-electron chi connectivity index (χ1n) is 2.11. The maximum atomic E-state index is 10.2. The summed E-state index contributed by atoms with van der Waals surface area (Å²) in [4.78, 5) is 35.9. The van der Waals surface area contributed by atoms with Crippen LogP contribution in [0.3, 0.4) is 0 Å². The molecule has 0 aromatic carbocycles. The molecule has 0 saturated heterocycles. The molecular formula is C3H5N3O3Pb. The molecule has 0 spiro atoms. The molecule has 54 valence electrons. The molecule has 7 heteroatoms. The third kappa shape index (κ3) is 2.29. The summed E-state index contributed by atoms with van der Waals surface area (Å²) in [5.41, 5.74) is -2.41. The van der Waals surface area contributed by atoms with Gasteiger partial charge in [0.2, 0.25) is 0 Å². The minimum absolute atomic E-state index is 0. The first-order valence-corrected chi connectivity index (χ1v) is 2.11. The standard InChI is InChI=1S/C3H3N3O3.Pb.2H/c7-1-4-2(8)6-3(9)5-1;;;/h(H3,4,5,6,7,8,9);;;. The molecule has 1 aromatic rings. The van der Waals surface area contributed by atoms with Crippen molar-refractivity contribution in [2.45, 2.75) is 0 Å². The first kappa shape index (κ1) is 9.33. The van der Waals surface area contributed by atoms with E-state index in [1.807, 2.05) is 0 Å². The molecule has 6 nitrogen and oxygen atoms in total. The topological polar surface area (TPSA) is 98.6 Å². The monoisotopic (exact) mass is 339 g/mol. The van der Waals surface area contributed by atoms with E-state index < -0.39 is 17.1 Å². The number of H-pyrrole nitrogens is 3. The summed E-state index contributed by atoms with van der Waals surface area (Å²) in [5.74, 6) is 0. The molecule has 10 heavy (non-hydrogen) atoms. The predicted molar refractivity (Wildman–Crippen MR) is 36.8 cm³/mol. The molecule has 0 fully saturated rings. The summed E-state index contributed by atoms with van der Waals surface area (Å²) >= 11 is 0. The van der Waals surface area contributed by atoms with Crippen LogP contribution in [0.1, 0.15) is 0 Å². The van der Waals surface area contributed by atoms with E-state index in [4.69, 9.17) is 0 Å². The number of rotatable bonds is 0. The van der Waals surface area contributed by atoms with Gasteiger partial charge in [0.1, 0.15) is 0 Å². The fourth-order valence-corrected chi connectivity index (χ4v) is 0.403. The molecule has 0 aliphatic rings. The molecule has 0 unspecified atom stereocenters. The van der Waals surface area contributed by atoms with E-state index >= 15 is 0 Å². The van der Waals surface area contributed by atoms with Gasteiger partial charge in [-0.1, -0.05) is 0 Å². The van der Waals surface area contributed by atoms with Gasteiger partial charge in [0.25, 0.3) is 0 Å². The van der Waals surface area contributed by atoms with Crippen molar-refractivity contribution < 1.29 is 0 Å². The van der Waals surface area contributed by atoms with Crippen molar-refractivity contribution in [3.05, 3.63) is 31.5 Å². The van der Waals surface area contributed by atoms with Crippen molar-refractivity contribution >= 4 is 27.3 Å².